The molecule has 0 aromatic carbocycles. The quantitative estimate of drug-likeness (QED) is 0.779. The van der Waals surface area contributed by atoms with Gasteiger partial charge in [0.2, 0.25) is 0 Å². The first kappa shape index (κ1) is 13.0. The summed E-state index contributed by atoms with van der Waals surface area (Å²) < 4.78 is 5.84. The molecule has 0 amide bonds. The van der Waals surface area contributed by atoms with Gasteiger partial charge in [0.1, 0.15) is 0 Å². The van der Waals surface area contributed by atoms with Crippen molar-refractivity contribution in [1.82, 2.24) is 0 Å². The van der Waals surface area contributed by atoms with Crippen LogP contribution in [-0.2, 0) is 4.74 Å². The van der Waals surface area contributed by atoms with Crippen molar-refractivity contribution in [3.8, 4) is 0 Å². The summed E-state index contributed by atoms with van der Waals surface area (Å²) in [5.41, 5.74) is 0. The van der Waals surface area contributed by atoms with Gasteiger partial charge in [0.25, 0.3) is 0 Å². The van der Waals surface area contributed by atoms with E-state index < -0.39 is 0 Å². The molecule has 1 saturated carbocycles. The third kappa shape index (κ3) is 4.12. The zero-order valence-electron chi connectivity index (χ0n) is 10.6. The average Bonchev–Trinajstić information content (AvgIpc) is 2.14. The van der Waals surface area contributed by atoms with Crippen LogP contribution in [0.5, 0.6) is 0 Å². The molecule has 0 bridgehead atoms. The molecule has 4 atom stereocenters. The van der Waals surface area contributed by atoms with Crippen molar-refractivity contribution in [1.29, 1.82) is 0 Å². The standard InChI is InChI=1S/C13H26O2/c1-9(2)12-6-5-10(3)7-13(12)15-8-11(4)14/h9-14H,5-8H2,1-4H3/t10?,11-,12?,13?/m0/s1. The highest BCUT2D eigenvalue weighted by atomic mass is 16.5. The summed E-state index contributed by atoms with van der Waals surface area (Å²) in [5.74, 6) is 2.15. The Balaban J connectivity index is 2.46. The number of ether oxygens (including phenoxy) is 1. The zero-order valence-corrected chi connectivity index (χ0v) is 10.6. The van der Waals surface area contributed by atoms with Crippen LogP contribution in [0.25, 0.3) is 0 Å². The summed E-state index contributed by atoms with van der Waals surface area (Å²) in [6.45, 7) is 9.13. The van der Waals surface area contributed by atoms with Crippen LogP contribution in [0.2, 0.25) is 0 Å². The molecule has 1 aliphatic carbocycles. The first-order valence-corrected chi connectivity index (χ1v) is 6.30. The second-order valence-corrected chi connectivity index (χ2v) is 5.55. The van der Waals surface area contributed by atoms with Crippen molar-refractivity contribution in [2.45, 2.75) is 59.2 Å². The van der Waals surface area contributed by atoms with E-state index in [0.717, 1.165) is 12.3 Å². The highest BCUT2D eigenvalue weighted by Gasteiger charge is 2.31. The smallest absolute Gasteiger partial charge is 0.0745 e. The van der Waals surface area contributed by atoms with Gasteiger partial charge >= 0.3 is 0 Å². The predicted octanol–water partition coefficient (Wildman–Crippen LogP) is 2.84. The number of aliphatic hydroxyl groups excluding tert-OH is 1. The third-order valence-electron chi connectivity index (χ3n) is 3.51. The molecule has 0 radical (unpaired) electrons. The Morgan fingerprint density at radius 1 is 1.27 bits per heavy atom. The van der Waals surface area contributed by atoms with Crippen LogP contribution in [0.3, 0.4) is 0 Å². The van der Waals surface area contributed by atoms with Gasteiger partial charge in [-0.15, -0.1) is 0 Å². The minimum atomic E-state index is -0.338. The fraction of sp³-hybridized carbons (Fsp3) is 1.00. The predicted molar refractivity (Wildman–Crippen MR) is 62.8 cm³/mol. The molecule has 0 heterocycles. The van der Waals surface area contributed by atoms with Gasteiger partial charge in [0.05, 0.1) is 18.8 Å². The van der Waals surface area contributed by atoms with E-state index in [9.17, 15) is 5.11 Å². The van der Waals surface area contributed by atoms with Crippen molar-refractivity contribution in [3.05, 3.63) is 0 Å². The normalized spacial score (nSPS) is 34.4. The molecule has 2 heteroatoms. The number of aliphatic hydroxyl groups is 1. The Labute approximate surface area is 94.0 Å². The number of rotatable bonds is 4. The molecular weight excluding hydrogens is 188 g/mol. The monoisotopic (exact) mass is 214 g/mol. The molecule has 1 N–H and O–H groups in total. The minimum absolute atomic E-state index is 0.338. The summed E-state index contributed by atoms with van der Waals surface area (Å²) in [5, 5.41) is 9.25. The molecule has 0 aromatic heterocycles. The van der Waals surface area contributed by atoms with Crippen LogP contribution in [-0.4, -0.2) is 23.9 Å². The fourth-order valence-corrected chi connectivity index (χ4v) is 2.57. The second kappa shape index (κ2) is 5.86. The van der Waals surface area contributed by atoms with Gasteiger partial charge in [-0.1, -0.05) is 27.2 Å². The van der Waals surface area contributed by atoms with Crippen LogP contribution in [0.15, 0.2) is 0 Å². The van der Waals surface area contributed by atoms with Gasteiger partial charge in [-0.3, -0.25) is 0 Å². The van der Waals surface area contributed by atoms with Gasteiger partial charge in [-0.2, -0.15) is 0 Å². The fourth-order valence-electron chi connectivity index (χ4n) is 2.57. The highest BCUT2D eigenvalue weighted by Crippen LogP contribution is 2.35. The van der Waals surface area contributed by atoms with E-state index in [-0.39, 0.29) is 6.10 Å². The van der Waals surface area contributed by atoms with Crippen LogP contribution >= 0.6 is 0 Å². The van der Waals surface area contributed by atoms with Crippen LogP contribution in [0.1, 0.15) is 47.0 Å². The second-order valence-electron chi connectivity index (χ2n) is 5.55. The maximum absolute atomic E-state index is 9.25. The average molecular weight is 214 g/mol. The Morgan fingerprint density at radius 3 is 2.47 bits per heavy atom. The first-order valence-electron chi connectivity index (χ1n) is 6.30. The molecule has 2 nitrogen and oxygen atoms in total. The lowest BCUT2D eigenvalue weighted by Crippen LogP contribution is -2.35. The van der Waals surface area contributed by atoms with Gasteiger partial charge in [-0.25, -0.2) is 0 Å². The van der Waals surface area contributed by atoms with Crippen molar-refractivity contribution >= 4 is 0 Å². The third-order valence-corrected chi connectivity index (χ3v) is 3.51. The van der Waals surface area contributed by atoms with Crippen LogP contribution in [0, 0.1) is 17.8 Å². The molecular formula is C13H26O2. The first-order chi connectivity index (χ1) is 7.00. The maximum Gasteiger partial charge on any atom is 0.0745 e. The van der Waals surface area contributed by atoms with Gasteiger partial charge < -0.3 is 9.84 Å². The molecule has 1 rings (SSSR count). The van der Waals surface area contributed by atoms with Gasteiger partial charge in [0, 0.05) is 0 Å². The number of hydrogen-bond donors (Lipinski definition) is 1. The summed E-state index contributed by atoms with van der Waals surface area (Å²) in [6.07, 6.45) is 3.80. The number of hydrogen-bond acceptors (Lipinski definition) is 2. The van der Waals surface area contributed by atoms with E-state index in [4.69, 9.17) is 4.74 Å². The molecule has 3 unspecified atom stereocenters. The molecule has 0 spiro atoms. The lowest BCUT2D eigenvalue weighted by molar-refractivity contribution is -0.0653. The summed E-state index contributed by atoms with van der Waals surface area (Å²) in [6, 6.07) is 0. The van der Waals surface area contributed by atoms with Crippen LogP contribution < -0.4 is 0 Å². The molecule has 0 saturated heterocycles. The molecule has 1 aliphatic rings. The Morgan fingerprint density at radius 2 is 1.93 bits per heavy atom. The van der Waals surface area contributed by atoms with E-state index >= 15 is 0 Å². The Bertz CT molecular complexity index is 177. The van der Waals surface area contributed by atoms with Gasteiger partial charge in [-0.05, 0) is 37.5 Å². The lowest BCUT2D eigenvalue weighted by atomic mass is 9.75. The summed E-state index contributed by atoms with van der Waals surface area (Å²) in [4.78, 5) is 0. The summed E-state index contributed by atoms with van der Waals surface area (Å²) >= 11 is 0. The van der Waals surface area contributed by atoms with Crippen LogP contribution in [0.4, 0.5) is 0 Å². The van der Waals surface area contributed by atoms with Crippen molar-refractivity contribution in [3.63, 3.8) is 0 Å². The maximum atomic E-state index is 9.25. The Kier molecular flexibility index (Phi) is 5.07. The van der Waals surface area contributed by atoms with E-state index in [2.05, 4.69) is 20.8 Å². The van der Waals surface area contributed by atoms with Crippen molar-refractivity contribution < 1.29 is 9.84 Å². The molecule has 0 aromatic rings. The van der Waals surface area contributed by atoms with Gasteiger partial charge in [0.15, 0.2) is 0 Å². The van der Waals surface area contributed by atoms with E-state index in [1.165, 1.54) is 12.8 Å². The van der Waals surface area contributed by atoms with E-state index in [1.54, 1.807) is 6.92 Å². The lowest BCUT2D eigenvalue weighted by Gasteiger charge is -2.37. The van der Waals surface area contributed by atoms with E-state index in [0.29, 0.717) is 24.5 Å². The Hall–Kier alpha value is -0.0800. The van der Waals surface area contributed by atoms with Crippen molar-refractivity contribution in [2.24, 2.45) is 17.8 Å². The SMILES string of the molecule is CC1CCC(C(C)C)C(OC[C@H](C)O)C1. The minimum Gasteiger partial charge on any atom is -0.391 e. The largest absolute Gasteiger partial charge is 0.391 e. The van der Waals surface area contributed by atoms with E-state index in [1.807, 2.05) is 0 Å². The topological polar surface area (TPSA) is 29.5 Å². The zero-order chi connectivity index (χ0) is 11.4. The van der Waals surface area contributed by atoms with Crippen molar-refractivity contribution in [2.75, 3.05) is 6.61 Å². The molecule has 1 fully saturated rings. The summed E-state index contributed by atoms with van der Waals surface area (Å²) in [7, 11) is 0. The molecule has 0 aliphatic heterocycles. The highest BCUT2D eigenvalue weighted by molar-refractivity contribution is 4.81. The molecule has 15 heavy (non-hydrogen) atoms. The molecule has 90 valence electrons.